The van der Waals surface area contributed by atoms with Gasteiger partial charge in [0.1, 0.15) is 5.01 Å². The van der Waals surface area contributed by atoms with Crippen LogP contribution in [0, 0.1) is 0 Å². The third kappa shape index (κ3) is 3.99. The molecule has 0 saturated carbocycles. The Morgan fingerprint density at radius 2 is 2.14 bits per heavy atom. The number of carboxylic acids is 1. The first-order chi connectivity index (χ1) is 9.97. The molecule has 3 N–H and O–H groups in total. The summed E-state index contributed by atoms with van der Waals surface area (Å²) in [4.78, 5) is 28.5. The van der Waals surface area contributed by atoms with Gasteiger partial charge in [-0.05, 0) is 18.6 Å². The second-order valence-corrected chi connectivity index (χ2v) is 5.92. The lowest BCUT2D eigenvalue weighted by molar-refractivity contribution is -0.137. The normalized spacial score (nSPS) is 12.3. The summed E-state index contributed by atoms with van der Waals surface area (Å²) < 4.78 is 1.07. The smallest absolute Gasteiger partial charge is 0.303 e. The number of aliphatic carboxylic acids is 1. The van der Waals surface area contributed by atoms with E-state index < -0.39 is 12.0 Å². The van der Waals surface area contributed by atoms with Crippen molar-refractivity contribution in [1.29, 1.82) is 0 Å². The van der Waals surface area contributed by atoms with Gasteiger partial charge in [-0.25, -0.2) is 4.98 Å². The highest BCUT2D eigenvalue weighted by atomic mass is 32.1. The van der Waals surface area contributed by atoms with Crippen molar-refractivity contribution in [2.45, 2.75) is 25.4 Å². The number of benzene rings is 1. The zero-order valence-electron chi connectivity index (χ0n) is 11.7. The summed E-state index contributed by atoms with van der Waals surface area (Å²) in [6, 6.07) is 6.98. The van der Waals surface area contributed by atoms with Crippen molar-refractivity contribution >= 4 is 33.4 Å². The highest BCUT2D eigenvalue weighted by Crippen LogP contribution is 2.22. The third-order valence-corrected chi connectivity index (χ3v) is 4.09. The van der Waals surface area contributed by atoms with E-state index in [0.717, 1.165) is 15.2 Å². The fourth-order valence-corrected chi connectivity index (χ4v) is 2.97. The van der Waals surface area contributed by atoms with Crippen LogP contribution >= 0.6 is 11.3 Å². The van der Waals surface area contributed by atoms with Crippen LogP contribution in [0.5, 0.6) is 0 Å². The minimum absolute atomic E-state index is 0.109. The van der Waals surface area contributed by atoms with Gasteiger partial charge in [-0.3, -0.25) is 9.59 Å². The van der Waals surface area contributed by atoms with Gasteiger partial charge in [-0.2, -0.15) is 0 Å². The van der Waals surface area contributed by atoms with Crippen LogP contribution in [0.3, 0.4) is 0 Å². The quantitative estimate of drug-likeness (QED) is 0.842. The molecule has 0 aliphatic heterocycles. The van der Waals surface area contributed by atoms with Gasteiger partial charge in [0.05, 0.1) is 22.8 Å². The van der Waals surface area contributed by atoms with E-state index in [0.29, 0.717) is 6.54 Å². The van der Waals surface area contributed by atoms with E-state index in [2.05, 4.69) is 4.98 Å². The van der Waals surface area contributed by atoms with E-state index in [1.54, 1.807) is 7.05 Å². The number of hydrogen-bond acceptors (Lipinski definition) is 5. The molecule has 2 aromatic rings. The Balaban J connectivity index is 1.98. The van der Waals surface area contributed by atoms with Crippen molar-refractivity contribution in [2.75, 3.05) is 7.05 Å². The standard InChI is InChI=1S/C14H17N3O3S/c1-17(14(20)9(15)6-7-13(18)19)8-12-16-10-4-2-3-5-11(10)21-12/h2-5,9H,6-8,15H2,1H3,(H,18,19). The summed E-state index contributed by atoms with van der Waals surface area (Å²) >= 11 is 1.53. The SMILES string of the molecule is CN(Cc1nc2ccccc2s1)C(=O)C(N)CCC(=O)O. The molecular weight excluding hydrogens is 290 g/mol. The van der Waals surface area contributed by atoms with Gasteiger partial charge in [-0.1, -0.05) is 12.1 Å². The third-order valence-electron chi connectivity index (χ3n) is 3.07. The molecule has 0 aliphatic rings. The van der Waals surface area contributed by atoms with Gasteiger partial charge < -0.3 is 15.7 Å². The molecule has 1 unspecified atom stereocenters. The van der Waals surface area contributed by atoms with Gasteiger partial charge in [-0.15, -0.1) is 11.3 Å². The van der Waals surface area contributed by atoms with Crippen molar-refractivity contribution in [3.8, 4) is 0 Å². The molecule has 0 spiro atoms. The van der Waals surface area contributed by atoms with E-state index in [1.165, 1.54) is 16.2 Å². The van der Waals surface area contributed by atoms with Crippen LogP contribution in [0.1, 0.15) is 17.8 Å². The average molecular weight is 307 g/mol. The molecule has 0 aliphatic carbocycles. The highest BCUT2D eigenvalue weighted by molar-refractivity contribution is 7.18. The summed E-state index contributed by atoms with van der Waals surface area (Å²) in [5, 5.41) is 9.44. The minimum atomic E-state index is -0.952. The zero-order chi connectivity index (χ0) is 15.4. The Morgan fingerprint density at radius 1 is 1.43 bits per heavy atom. The number of rotatable bonds is 6. The molecule has 0 fully saturated rings. The molecule has 0 radical (unpaired) electrons. The fraction of sp³-hybridized carbons (Fsp3) is 0.357. The lowest BCUT2D eigenvalue weighted by atomic mass is 10.1. The van der Waals surface area contributed by atoms with Gasteiger partial charge >= 0.3 is 5.97 Å². The molecule has 21 heavy (non-hydrogen) atoms. The van der Waals surface area contributed by atoms with Crippen LogP contribution in [-0.2, 0) is 16.1 Å². The molecule has 2 rings (SSSR count). The number of fused-ring (bicyclic) bond motifs is 1. The van der Waals surface area contributed by atoms with Gasteiger partial charge in [0, 0.05) is 13.5 Å². The second-order valence-electron chi connectivity index (χ2n) is 4.81. The number of nitrogens with zero attached hydrogens (tertiary/aromatic N) is 2. The van der Waals surface area contributed by atoms with Crippen molar-refractivity contribution in [1.82, 2.24) is 9.88 Å². The first kappa shape index (κ1) is 15.4. The maximum absolute atomic E-state index is 12.1. The second kappa shape index (κ2) is 6.64. The van der Waals surface area contributed by atoms with Gasteiger partial charge in [0.15, 0.2) is 0 Å². The van der Waals surface area contributed by atoms with Gasteiger partial charge in [0.25, 0.3) is 0 Å². The van der Waals surface area contributed by atoms with E-state index in [-0.39, 0.29) is 18.7 Å². The maximum atomic E-state index is 12.1. The van der Waals surface area contributed by atoms with E-state index in [4.69, 9.17) is 10.8 Å². The molecule has 1 heterocycles. The molecule has 6 nitrogen and oxygen atoms in total. The fourth-order valence-electron chi connectivity index (χ4n) is 1.95. The topological polar surface area (TPSA) is 96.5 Å². The molecule has 7 heteroatoms. The molecule has 1 atom stereocenters. The number of hydrogen-bond donors (Lipinski definition) is 2. The van der Waals surface area contributed by atoms with Crippen molar-refractivity contribution in [3.63, 3.8) is 0 Å². The average Bonchev–Trinajstić information content (AvgIpc) is 2.85. The molecule has 1 aromatic carbocycles. The summed E-state index contributed by atoms with van der Waals surface area (Å²) in [6.45, 7) is 0.374. The van der Waals surface area contributed by atoms with E-state index in [1.807, 2.05) is 24.3 Å². The predicted octanol–water partition coefficient (Wildman–Crippen LogP) is 1.45. The Kier molecular flexibility index (Phi) is 4.87. The van der Waals surface area contributed by atoms with Crippen LogP contribution in [-0.4, -0.2) is 40.0 Å². The molecular formula is C14H17N3O3S. The van der Waals surface area contributed by atoms with E-state index >= 15 is 0 Å². The van der Waals surface area contributed by atoms with Crippen LogP contribution in [0.2, 0.25) is 0 Å². The maximum Gasteiger partial charge on any atom is 0.303 e. The van der Waals surface area contributed by atoms with Crippen molar-refractivity contribution in [3.05, 3.63) is 29.3 Å². The highest BCUT2D eigenvalue weighted by Gasteiger charge is 2.20. The van der Waals surface area contributed by atoms with Gasteiger partial charge in [0.2, 0.25) is 5.91 Å². The van der Waals surface area contributed by atoms with Crippen molar-refractivity contribution in [2.24, 2.45) is 5.73 Å². The Bertz CT molecular complexity index is 623. The largest absolute Gasteiger partial charge is 0.481 e. The van der Waals surface area contributed by atoms with E-state index in [9.17, 15) is 9.59 Å². The number of carbonyl (C=O) groups is 2. The number of carboxylic acid groups (broad SMARTS) is 1. The first-order valence-corrected chi connectivity index (χ1v) is 7.36. The summed E-state index contributed by atoms with van der Waals surface area (Å²) in [7, 11) is 1.65. The molecule has 0 bridgehead atoms. The van der Waals surface area contributed by atoms with Crippen LogP contribution in [0.4, 0.5) is 0 Å². The number of nitrogens with two attached hydrogens (primary N) is 1. The lowest BCUT2D eigenvalue weighted by Gasteiger charge is -2.19. The lowest BCUT2D eigenvalue weighted by Crippen LogP contribution is -2.41. The number of carbonyl (C=O) groups excluding carboxylic acids is 1. The van der Waals surface area contributed by atoms with Crippen LogP contribution in [0.25, 0.3) is 10.2 Å². The summed E-state index contributed by atoms with van der Waals surface area (Å²) in [5.41, 5.74) is 6.63. The monoisotopic (exact) mass is 307 g/mol. The Morgan fingerprint density at radius 3 is 2.81 bits per heavy atom. The molecule has 112 valence electrons. The summed E-state index contributed by atoms with van der Waals surface area (Å²) in [5.74, 6) is -1.22. The molecule has 1 aromatic heterocycles. The first-order valence-electron chi connectivity index (χ1n) is 6.54. The molecule has 0 saturated heterocycles. The minimum Gasteiger partial charge on any atom is -0.481 e. The Hall–Kier alpha value is -1.99. The summed E-state index contributed by atoms with van der Waals surface area (Å²) in [6.07, 6.45) is 0.0280. The number of thiazole rings is 1. The Labute approximate surface area is 126 Å². The van der Waals surface area contributed by atoms with Crippen LogP contribution < -0.4 is 5.73 Å². The molecule has 1 amide bonds. The predicted molar refractivity (Wildman–Crippen MR) is 80.9 cm³/mol. The number of likely N-dealkylation sites (N-methyl/N-ethyl adjacent to an activating group) is 1. The zero-order valence-corrected chi connectivity index (χ0v) is 12.5. The number of para-hydroxylation sites is 1. The van der Waals surface area contributed by atoms with Crippen molar-refractivity contribution < 1.29 is 14.7 Å². The number of amides is 1. The number of aromatic nitrogens is 1. The van der Waals surface area contributed by atoms with Crippen LogP contribution in [0.15, 0.2) is 24.3 Å².